The number of hydrogen-bond donors (Lipinski definition) is 2. The van der Waals surface area contributed by atoms with E-state index in [0.717, 1.165) is 5.56 Å². The van der Waals surface area contributed by atoms with Gasteiger partial charge in [-0.1, -0.05) is 23.7 Å². The largest absolute Gasteiger partial charge is 0.477 e. The minimum atomic E-state index is -1.14. The average Bonchev–Trinajstić information content (AvgIpc) is 3.15. The molecule has 1 amide bonds. The van der Waals surface area contributed by atoms with E-state index in [1.807, 2.05) is 0 Å². The van der Waals surface area contributed by atoms with Gasteiger partial charge in [0.1, 0.15) is 12.2 Å². The van der Waals surface area contributed by atoms with Crippen LogP contribution in [0.2, 0.25) is 5.02 Å². The minimum Gasteiger partial charge on any atom is -0.477 e. The Hall–Kier alpha value is -2.38. The maximum atomic E-state index is 12.6. The van der Waals surface area contributed by atoms with E-state index in [1.54, 1.807) is 29.2 Å². The van der Waals surface area contributed by atoms with Crippen molar-refractivity contribution in [3.8, 4) is 0 Å². The predicted octanol–water partition coefficient (Wildman–Crippen LogP) is 1.57. The van der Waals surface area contributed by atoms with Crippen molar-refractivity contribution in [1.82, 2.24) is 14.5 Å². The van der Waals surface area contributed by atoms with E-state index >= 15 is 0 Å². The van der Waals surface area contributed by atoms with Gasteiger partial charge in [0.05, 0.1) is 24.7 Å². The molecule has 8 heteroatoms. The SMILES string of the molecule is O=C(O)c1cncn1CC(=O)N1CC[C@@H](O)[C@H]1c1ccc(Cl)cc1. The molecule has 24 heavy (non-hydrogen) atoms. The molecule has 1 fully saturated rings. The quantitative estimate of drug-likeness (QED) is 0.873. The number of amides is 1. The molecule has 0 spiro atoms. The number of aliphatic hydroxyl groups is 1. The molecule has 2 aromatic rings. The third-order valence-corrected chi connectivity index (χ3v) is 4.39. The molecule has 2 atom stereocenters. The Morgan fingerprint density at radius 1 is 1.29 bits per heavy atom. The molecular formula is C16H16ClN3O4. The normalized spacial score (nSPS) is 20.3. The van der Waals surface area contributed by atoms with Gasteiger partial charge in [-0.3, -0.25) is 4.79 Å². The molecule has 1 aliphatic heterocycles. The number of carboxylic acid groups (broad SMARTS) is 1. The third-order valence-electron chi connectivity index (χ3n) is 4.13. The van der Waals surface area contributed by atoms with Crippen molar-refractivity contribution >= 4 is 23.5 Å². The van der Waals surface area contributed by atoms with Crippen molar-refractivity contribution in [3.05, 3.63) is 53.1 Å². The van der Waals surface area contributed by atoms with Crippen LogP contribution in [0.15, 0.2) is 36.8 Å². The lowest BCUT2D eigenvalue weighted by Gasteiger charge is -2.27. The predicted molar refractivity (Wildman–Crippen MR) is 85.7 cm³/mol. The summed E-state index contributed by atoms with van der Waals surface area (Å²) in [5.74, 6) is -1.41. The van der Waals surface area contributed by atoms with Crippen molar-refractivity contribution in [1.29, 1.82) is 0 Å². The van der Waals surface area contributed by atoms with Crippen LogP contribution in [0.4, 0.5) is 0 Å². The topological polar surface area (TPSA) is 95.7 Å². The van der Waals surface area contributed by atoms with Crippen molar-refractivity contribution in [2.45, 2.75) is 25.1 Å². The summed E-state index contributed by atoms with van der Waals surface area (Å²) in [5, 5.41) is 19.9. The monoisotopic (exact) mass is 349 g/mol. The number of aromatic carboxylic acids is 1. The number of aliphatic hydroxyl groups excluding tert-OH is 1. The van der Waals surface area contributed by atoms with Crippen LogP contribution in [0.3, 0.4) is 0 Å². The Labute approximate surface area is 143 Å². The molecule has 0 saturated carbocycles. The Balaban J connectivity index is 1.81. The summed E-state index contributed by atoms with van der Waals surface area (Å²) in [4.78, 5) is 29.1. The molecule has 0 unspecified atom stereocenters. The first-order valence-corrected chi connectivity index (χ1v) is 7.81. The van der Waals surface area contributed by atoms with Crippen LogP contribution < -0.4 is 0 Å². The van der Waals surface area contributed by atoms with Crippen LogP contribution in [0.25, 0.3) is 0 Å². The summed E-state index contributed by atoms with van der Waals surface area (Å²) in [6.07, 6.45) is 2.31. The fourth-order valence-electron chi connectivity index (χ4n) is 2.98. The van der Waals surface area contributed by atoms with E-state index in [9.17, 15) is 14.7 Å². The number of benzene rings is 1. The second-order valence-corrected chi connectivity index (χ2v) is 6.09. The fraction of sp³-hybridized carbons (Fsp3) is 0.312. The van der Waals surface area contributed by atoms with Gasteiger partial charge in [-0.25, -0.2) is 9.78 Å². The van der Waals surface area contributed by atoms with Crippen molar-refractivity contribution < 1.29 is 19.8 Å². The summed E-state index contributed by atoms with van der Waals surface area (Å²) in [5.41, 5.74) is 0.743. The molecule has 2 N–H and O–H groups in total. The maximum Gasteiger partial charge on any atom is 0.354 e. The number of carboxylic acids is 1. The number of aromatic nitrogens is 2. The van der Waals surface area contributed by atoms with Crippen LogP contribution in [-0.2, 0) is 11.3 Å². The number of hydrogen-bond acceptors (Lipinski definition) is 4. The molecule has 1 aromatic heterocycles. The summed E-state index contributed by atoms with van der Waals surface area (Å²) >= 11 is 5.89. The first-order chi connectivity index (χ1) is 11.5. The van der Waals surface area contributed by atoms with Gasteiger partial charge in [0.15, 0.2) is 0 Å². The molecule has 2 heterocycles. The van der Waals surface area contributed by atoms with Crippen LogP contribution in [0.1, 0.15) is 28.5 Å². The highest BCUT2D eigenvalue weighted by molar-refractivity contribution is 6.30. The second kappa shape index (κ2) is 6.62. The number of carbonyl (C=O) groups excluding carboxylic acids is 1. The molecule has 0 radical (unpaired) electrons. The summed E-state index contributed by atoms with van der Waals surface area (Å²) in [7, 11) is 0. The smallest absolute Gasteiger partial charge is 0.354 e. The highest BCUT2D eigenvalue weighted by atomic mass is 35.5. The summed E-state index contributed by atoms with van der Waals surface area (Å²) in [6, 6.07) is 6.52. The van der Waals surface area contributed by atoms with E-state index in [0.29, 0.717) is 18.0 Å². The summed E-state index contributed by atoms with van der Waals surface area (Å²) in [6.45, 7) is 0.267. The zero-order valence-electron chi connectivity index (χ0n) is 12.7. The number of likely N-dealkylation sites (tertiary alicyclic amines) is 1. The van der Waals surface area contributed by atoms with E-state index < -0.39 is 18.1 Å². The zero-order valence-corrected chi connectivity index (χ0v) is 13.4. The van der Waals surface area contributed by atoms with Crippen LogP contribution in [0.5, 0.6) is 0 Å². The van der Waals surface area contributed by atoms with Gasteiger partial charge in [-0.05, 0) is 24.1 Å². The number of imidazole rings is 1. The lowest BCUT2D eigenvalue weighted by molar-refractivity contribution is -0.133. The lowest BCUT2D eigenvalue weighted by Crippen LogP contribution is -2.36. The van der Waals surface area contributed by atoms with Gasteiger partial charge in [-0.2, -0.15) is 0 Å². The minimum absolute atomic E-state index is 0.0499. The van der Waals surface area contributed by atoms with Gasteiger partial charge in [0.2, 0.25) is 5.91 Å². The Bertz CT molecular complexity index is 759. The van der Waals surface area contributed by atoms with Crippen molar-refractivity contribution in [3.63, 3.8) is 0 Å². The van der Waals surface area contributed by atoms with Crippen LogP contribution >= 0.6 is 11.6 Å². The number of carbonyl (C=O) groups is 2. The van der Waals surface area contributed by atoms with Gasteiger partial charge in [0.25, 0.3) is 0 Å². The van der Waals surface area contributed by atoms with Gasteiger partial charge < -0.3 is 19.7 Å². The number of nitrogens with zero attached hydrogens (tertiary/aromatic N) is 3. The molecular weight excluding hydrogens is 334 g/mol. The summed E-state index contributed by atoms with van der Waals surface area (Å²) < 4.78 is 1.29. The number of halogens is 1. The maximum absolute atomic E-state index is 12.6. The second-order valence-electron chi connectivity index (χ2n) is 5.65. The van der Waals surface area contributed by atoms with E-state index in [2.05, 4.69) is 4.98 Å². The molecule has 0 aliphatic carbocycles. The standard InChI is InChI=1S/C16H16ClN3O4/c17-11-3-1-10(2-4-11)15-13(21)5-6-20(15)14(22)8-19-9-18-7-12(19)16(23)24/h1-4,7,9,13,15,21H,5-6,8H2,(H,23,24)/t13-,15-/m1/s1. The van der Waals surface area contributed by atoms with E-state index in [1.165, 1.54) is 17.1 Å². The zero-order chi connectivity index (χ0) is 17.3. The Morgan fingerprint density at radius 2 is 2.00 bits per heavy atom. The first kappa shape index (κ1) is 16.5. The highest BCUT2D eigenvalue weighted by Gasteiger charge is 2.37. The van der Waals surface area contributed by atoms with Crippen molar-refractivity contribution in [2.24, 2.45) is 0 Å². The lowest BCUT2D eigenvalue weighted by atomic mass is 10.0. The molecule has 7 nitrogen and oxygen atoms in total. The Morgan fingerprint density at radius 3 is 2.67 bits per heavy atom. The third kappa shape index (κ3) is 3.13. The van der Waals surface area contributed by atoms with E-state index in [-0.39, 0.29) is 18.1 Å². The number of rotatable bonds is 4. The van der Waals surface area contributed by atoms with Crippen molar-refractivity contribution in [2.75, 3.05) is 6.54 Å². The van der Waals surface area contributed by atoms with Gasteiger partial charge in [-0.15, -0.1) is 0 Å². The van der Waals surface area contributed by atoms with E-state index in [4.69, 9.17) is 16.7 Å². The molecule has 1 aliphatic rings. The van der Waals surface area contributed by atoms with Gasteiger partial charge >= 0.3 is 5.97 Å². The molecule has 126 valence electrons. The molecule has 1 saturated heterocycles. The van der Waals surface area contributed by atoms with Crippen LogP contribution in [0, 0.1) is 0 Å². The first-order valence-electron chi connectivity index (χ1n) is 7.44. The molecule has 0 bridgehead atoms. The Kier molecular flexibility index (Phi) is 4.55. The molecule has 1 aromatic carbocycles. The highest BCUT2D eigenvalue weighted by Crippen LogP contribution is 2.33. The van der Waals surface area contributed by atoms with Crippen LogP contribution in [-0.4, -0.2) is 49.2 Å². The fourth-order valence-corrected chi connectivity index (χ4v) is 3.11. The average molecular weight is 350 g/mol. The van der Waals surface area contributed by atoms with Gasteiger partial charge in [0, 0.05) is 11.6 Å². The molecule has 3 rings (SSSR count).